The van der Waals surface area contributed by atoms with Crippen LogP contribution in [0.1, 0.15) is 45.1 Å². The first-order valence-corrected chi connectivity index (χ1v) is 7.82. The second kappa shape index (κ2) is 7.25. The lowest BCUT2D eigenvalue weighted by Crippen LogP contribution is -2.48. The molecule has 114 valence electrons. The van der Waals surface area contributed by atoms with Crippen LogP contribution in [-0.4, -0.2) is 24.4 Å². The van der Waals surface area contributed by atoms with Crippen molar-refractivity contribution in [2.75, 3.05) is 11.4 Å². The molecule has 0 fully saturated rings. The molecular formula is C17H24N2O2. The van der Waals surface area contributed by atoms with Crippen molar-refractivity contribution in [3.63, 3.8) is 0 Å². The van der Waals surface area contributed by atoms with Crippen molar-refractivity contribution in [1.82, 2.24) is 5.32 Å². The van der Waals surface area contributed by atoms with E-state index in [1.54, 1.807) is 11.8 Å². The Morgan fingerprint density at radius 2 is 2.10 bits per heavy atom. The van der Waals surface area contributed by atoms with Crippen LogP contribution in [0.15, 0.2) is 24.3 Å². The number of carbonyl (C=O) groups is 2. The van der Waals surface area contributed by atoms with E-state index in [-0.39, 0.29) is 11.8 Å². The van der Waals surface area contributed by atoms with Crippen molar-refractivity contribution in [2.45, 2.75) is 52.0 Å². The molecular weight excluding hydrogens is 264 g/mol. The molecule has 1 atom stereocenters. The van der Waals surface area contributed by atoms with E-state index in [1.807, 2.05) is 24.3 Å². The Bertz CT molecular complexity index is 513. The molecule has 0 saturated heterocycles. The molecule has 0 spiro atoms. The first-order chi connectivity index (χ1) is 10.1. The van der Waals surface area contributed by atoms with Gasteiger partial charge in [-0.05, 0) is 37.8 Å². The van der Waals surface area contributed by atoms with Crippen LogP contribution in [0.2, 0.25) is 0 Å². The van der Waals surface area contributed by atoms with Gasteiger partial charge in [0, 0.05) is 18.7 Å². The Morgan fingerprint density at radius 1 is 1.33 bits per heavy atom. The third kappa shape index (κ3) is 3.63. The number of unbranched alkanes of at least 4 members (excludes halogenated alkanes) is 1. The summed E-state index contributed by atoms with van der Waals surface area (Å²) in [4.78, 5) is 26.3. The van der Waals surface area contributed by atoms with Crippen LogP contribution in [-0.2, 0) is 16.0 Å². The quantitative estimate of drug-likeness (QED) is 0.847. The largest absolute Gasteiger partial charge is 0.354 e. The molecule has 1 N–H and O–H groups in total. The molecule has 2 amide bonds. The van der Waals surface area contributed by atoms with Crippen molar-refractivity contribution in [3.8, 4) is 0 Å². The molecule has 4 heteroatoms. The molecule has 0 aromatic heterocycles. The van der Waals surface area contributed by atoms with Gasteiger partial charge in [-0.15, -0.1) is 0 Å². The minimum atomic E-state index is -0.464. The summed E-state index contributed by atoms with van der Waals surface area (Å²) in [6.45, 7) is 4.56. The minimum Gasteiger partial charge on any atom is -0.354 e. The number of nitrogens with zero attached hydrogens (tertiary/aromatic N) is 1. The average Bonchev–Trinajstić information content (AvgIpc) is 2.65. The zero-order valence-corrected chi connectivity index (χ0v) is 12.9. The zero-order valence-electron chi connectivity index (χ0n) is 12.9. The summed E-state index contributed by atoms with van der Waals surface area (Å²) in [7, 11) is 0. The predicted octanol–water partition coefficient (Wildman–Crippen LogP) is 2.66. The summed E-state index contributed by atoms with van der Waals surface area (Å²) in [6, 6.07) is 7.43. The maximum absolute atomic E-state index is 12.4. The SMILES string of the molecule is CCCCNC(=O)[C@@H](C)N1C(=O)CCCc2ccccc21. The van der Waals surface area contributed by atoms with Crippen molar-refractivity contribution >= 4 is 17.5 Å². The molecule has 0 bridgehead atoms. The molecule has 0 unspecified atom stereocenters. The lowest BCUT2D eigenvalue weighted by atomic mass is 10.1. The fraction of sp³-hybridized carbons (Fsp3) is 0.529. The van der Waals surface area contributed by atoms with Crippen LogP contribution < -0.4 is 10.2 Å². The number of aryl methyl sites for hydroxylation is 1. The smallest absolute Gasteiger partial charge is 0.242 e. The van der Waals surface area contributed by atoms with E-state index in [2.05, 4.69) is 12.2 Å². The number of nitrogens with one attached hydrogen (secondary N) is 1. The molecule has 1 aromatic carbocycles. The molecule has 4 nitrogen and oxygen atoms in total. The Labute approximate surface area is 126 Å². The summed E-state index contributed by atoms with van der Waals surface area (Å²) in [6.07, 6.45) is 4.24. The van der Waals surface area contributed by atoms with E-state index >= 15 is 0 Å². The van der Waals surface area contributed by atoms with Gasteiger partial charge < -0.3 is 5.32 Å². The monoisotopic (exact) mass is 288 g/mol. The molecule has 0 saturated carbocycles. The Hall–Kier alpha value is -1.84. The molecule has 1 aliphatic rings. The lowest BCUT2D eigenvalue weighted by molar-refractivity contribution is -0.126. The highest BCUT2D eigenvalue weighted by Gasteiger charge is 2.30. The second-order valence-electron chi connectivity index (χ2n) is 5.57. The normalized spacial score (nSPS) is 16.1. The van der Waals surface area contributed by atoms with Crippen LogP contribution in [0.4, 0.5) is 5.69 Å². The fourth-order valence-corrected chi connectivity index (χ4v) is 2.72. The molecule has 2 rings (SSSR count). The standard InChI is InChI=1S/C17H24N2O2/c1-3-4-12-18-17(21)13(2)19-15-10-6-5-8-14(15)9-7-11-16(19)20/h5-6,8,10,13H,3-4,7,9,11-12H2,1-2H3,(H,18,21)/t13-/m1/s1. The summed E-state index contributed by atoms with van der Waals surface area (Å²) in [5.74, 6) is -0.0356. The van der Waals surface area contributed by atoms with Gasteiger partial charge in [0.15, 0.2) is 0 Å². The summed E-state index contributed by atoms with van der Waals surface area (Å²) in [5, 5.41) is 2.92. The van der Waals surface area contributed by atoms with E-state index in [1.165, 1.54) is 0 Å². The number of anilines is 1. The first-order valence-electron chi connectivity index (χ1n) is 7.82. The Morgan fingerprint density at radius 3 is 2.86 bits per heavy atom. The number of fused-ring (bicyclic) bond motifs is 1. The number of carbonyl (C=O) groups excluding carboxylic acids is 2. The van der Waals surface area contributed by atoms with Gasteiger partial charge in [-0.1, -0.05) is 31.5 Å². The first kappa shape index (κ1) is 15.5. The van der Waals surface area contributed by atoms with Crippen LogP contribution >= 0.6 is 0 Å². The molecule has 1 heterocycles. The van der Waals surface area contributed by atoms with Crippen molar-refractivity contribution in [1.29, 1.82) is 0 Å². The molecule has 1 aliphatic heterocycles. The van der Waals surface area contributed by atoms with E-state index in [0.29, 0.717) is 13.0 Å². The topological polar surface area (TPSA) is 49.4 Å². The highest BCUT2D eigenvalue weighted by atomic mass is 16.2. The summed E-state index contributed by atoms with van der Waals surface area (Å²) >= 11 is 0. The third-order valence-corrected chi connectivity index (χ3v) is 3.95. The Balaban J connectivity index is 2.19. The number of hydrogen-bond donors (Lipinski definition) is 1. The molecule has 0 radical (unpaired) electrons. The average molecular weight is 288 g/mol. The van der Waals surface area contributed by atoms with Gasteiger partial charge in [0.05, 0.1) is 0 Å². The van der Waals surface area contributed by atoms with Crippen molar-refractivity contribution in [3.05, 3.63) is 29.8 Å². The van der Waals surface area contributed by atoms with E-state index < -0.39 is 6.04 Å². The maximum Gasteiger partial charge on any atom is 0.242 e. The van der Waals surface area contributed by atoms with Crippen molar-refractivity contribution in [2.24, 2.45) is 0 Å². The maximum atomic E-state index is 12.4. The van der Waals surface area contributed by atoms with E-state index in [9.17, 15) is 9.59 Å². The molecule has 21 heavy (non-hydrogen) atoms. The lowest BCUT2D eigenvalue weighted by Gasteiger charge is -2.28. The predicted molar refractivity (Wildman–Crippen MR) is 84.2 cm³/mol. The van der Waals surface area contributed by atoms with Crippen molar-refractivity contribution < 1.29 is 9.59 Å². The van der Waals surface area contributed by atoms with Crippen LogP contribution in [0, 0.1) is 0 Å². The summed E-state index contributed by atoms with van der Waals surface area (Å²) in [5.41, 5.74) is 2.04. The van der Waals surface area contributed by atoms with E-state index in [0.717, 1.165) is 36.9 Å². The highest BCUT2D eigenvalue weighted by Crippen LogP contribution is 2.28. The van der Waals surface area contributed by atoms with Gasteiger partial charge in [-0.25, -0.2) is 0 Å². The number of benzene rings is 1. The molecule has 0 aliphatic carbocycles. The van der Waals surface area contributed by atoms with E-state index in [4.69, 9.17) is 0 Å². The van der Waals surface area contributed by atoms with Gasteiger partial charge in [0.1, 0.15) is 6.04 Å². The van der Waals surface area contributed by atoms with Gasteiger partial charge >= 0.3 is 0 Å². The van der Waals surface area contributed by atoms with Gasteiger partial charge in [-0.3, -0.25) is 14.5 Å². The number of rotatable bonds is 5. The fourth-order valence-electron chi connectivity index (χ4n) is 2.72. The number of para-hydroxylation sites is 1. The molecule has 1 aromatic rings. The number of hydrogen-bond acceptors (Lipinski definition) is 2. The highest BCUT2D eigenvalue weighted by molar-refractivity contribution is 6.01. The van der Waals surface area contributed by atoms with Crippen LogP contribution in [0.5, 0.6) is 0 Å². The Kier molecular flexibility index (Phi) is 5.37. The zero-order chi connectivity index (χ0) is 15.2. The second-order valence-corrected chi connectivity index (χ2v) is 5.57. The van der Waals surface area contributed by atoms with Gasteiger partial charge in [0.25, 0.3) is 0 Å². The van der Waals surface area contributed by atoms with Gasteiger partial charge in [-0.2, -0.15) is 0 Å². The minimum absolute atomic E-state index is 0.0399. The van der Waals surface area contributed by atoms with Crippen LogP contribution in [0.3, 0.4) is 0 Å². The summed E-state index contributed by atoms with van der Waals surface area (Å²) < 4.78 is 0. The number of amides is 2. The third-order valence-electron chi connectivity index (χ3n) is 3.95. The van der Waals surface area contributed by atoms with Crippen LogP contribution in [0.25, 0.3) is 0 Å². The van der Waals surface area contributed by atoms with Gasteiger partial charge in [0.2, 0.25) is 11.8 Å².